The highest BCUT2D eigenvalue weighted by molar-refractivity contribution is 6.55. The third-order valence-corrected chi connectivity index (χ3v) is 2.28. The Morgan fingerprint density at radius 1 is 1.38 bits per heavy atom. The van der Waals surface area contributed by atoms with Crippen molar-refractivity contribution in [2.75, 3.05) is 6.61 Å². The lowest BCUT2D eigenvalue weighted by Gasteiger charge is -2.25. The Morgan fingerprint density at radius 2 is 1.85 bits per heavy atom. The highest BCUT2D eigenvalue weighted by atomic mass is 35.5. The van der Waals surface area contributed by atoms with Crippen LogP contribution in [0.5, 0.6) is 0 Å². The molecule has 0 radical (unpaired) electrons. The Bertz CT molecular complexity index is 270. The molecule has 0 aromatic heterocycles. The van der Waals surface area contributed by atoms with Crippen LogP contribution in [-0.2, 0) is 9.53 Å². The van der Waals surface area contributed by atoms with E-state index < -0.39 is 5.60 Å². The lowest BCUT2D eigenvalue weighted by atomic mass is 9.99. The van der Waals surface area contributed by atoms with Crippen LogP contribution in [-0.4, -0.2) is 18.0 Å². The van der Waals surface area contributed by atoms with E-state index in [4.69, 9.17) is 27.9 Å². The fourth-order valence-electron chi connectivity index (χ4n) is 1.18. The zero-order valence-corrected chi connectivity index (χ0v) is 8.95. The normalized spacial score (nSPS) is 21.1. The van der Waals surface area contributed by atoms with Crippen LogP contribution in [0.4, 0.5) is 0 Å². The van der Waals surface area contributed by atoms with Gasteiger partial charge in [0.2, 0.25) is 5.78 Å². The zero-order valence-electron chi connectivity index (χ0n) is 7.43. The molecule has 0 unspecified atom stereocenters. The number of hydrogen-bond donors (Lipinski definition) is 0. The van der Waals surface area contributed by atoms with Gasteiger partial charge in [-0.15, -0.1) is 0 Å². The second kappa shape index (κ2) is 3.82. The van der Waals surface area contributed by atoms with Gasteiger partial charge in [0.25, 0.3) is 0 Å². The van der Waals surface area contributed by atoms with E-state index in [1.165, 1.54) is 0 Å². The summed E-state index contributed by atoms with van der Waals surface area (Å²) in [5.74, 6) is -0.347. The summed E-state index contributed by atoms with van der Waals surface area (Å²) in [5, 5.41) is 0.229. The SMILES string of the molecule is CCOC1(C)C=C(Cl)C(=O)C(Cl)=C1. The van der Waals surface area contributed by atoms with E-state index in [1.807, 2.05) is 6.92 Å². The molecule has 0 amide bonds. The summed E-state index contributed by atoms with van der Waals surface area (Å²) >= 11 is 11.4. The number of rotatable bonds is 2. The predicted octanol–water partition coefficient (Wildman–Crippen LogP) is 2.61. The summed E-state index contributed by atoms with van der Waals surface area (Å²) in [4.78, 5) is 11.2. The summed E-state index contributed by atoms with van der Waals surface area (Å²) in [7, 11) is 0. The second-order valence-corrected chi connectivity index (χ2v) is 3.74. The van der Waals surface area contributed by atoms with Gasteiger partial charge in [-0.3, -0.25) is 4.79 Å². The molecule has 0 atom stereocenters. The van der Waals surface area contributed by atoms with E-state index in [-0.39, 0.29) is 15.8 Å². The van der Waals surface area contributed by atoms with E-state index in [1.54, 1.807) is 19.1 Å². The zero-order chi connectivity index (χ0) is 10.1. The quantitative estimate of drug-likeness (QED) is 0.716. The molecule has 0 heterocycles. The van der Waals surface area contributed by atoms with Crippen molar-refractivity contribution >= 4 is 29.0 Å². The minimum atomic E-state index is -0.656. The number of ether oxygens (including phenoxy) is 1. The number of carbonyl (C=O) groups excluding carboxylic acids is 1. The molecule has 0 saturated heterocycles. The maximum absolute atomic E-state index is 11.2. The van der Waals surface area contributed by atoms with Gasteiger partial charge in [-0.1, -0.05) is 23.2 Å². The number of Topliss-reactive ketones (excluding diaryl/α,β-unsaturated/α-hetero) is 1. The van der Waals surface area contributed by atoms with Crippen molar-refractivity contribution in [2.24, 2.45) is 0 Å². The lowest BCUT2D eigenvalue weighted by molar-refractivity contribution is -0.111. The van der Waals surface area contributed by atoms with E-state index in [0.29, 0.717) is 6.61 Å². The van der Waals surface area contributed by atoms with Crippen LogP contribution >= 0.6 is 23.2 Å². The fraction of sp³-hybridized carbons (Fsp3) is 0.444. The minimum absolute atomic E-state index is 0.114. The minimum Gasteiger partial charge on any atom is -0.367 e. The van der Waals surface area contributed by atoms with Crippen LogP contribution < -0.4 is 0 Å². The molecule has 0 N–H and O–H groups in total. The standard InChI is InChI=1S/C9H10Cl2O2/c1-3-13-9(2)4-6(10)8(12)7(11)5-9/h4-5H,3H2,1-2H3. The van der Waals surface area contributed by atoms with Crippen molar-refractivity contribution in [1.82, 2.24) is 0 Å². The van der Waals surface area contributed by atoms with Crippen LogP contribution in [0.1, 0.15) is 13.8 Å². The number of carbonyl (C=O) groups is 1. The number of hydrogen-bond acceptors (Lipinski definition) is 2. The van der Waals surface area contributed by atoms with Gasteiger partial charge in [-0.05, 0) is 26.0 Å². The number of halogens is 2. The molecule has 0 aromatic carbocycles. The van der Waals surface area contributed by atoms with Crippen molar-refractivity contribution in [1.29, 1.82) is 0 Å². The van der Waals surface area contributed by atoms with Crippen molar-refractivity contribution in [3.63, 3.8) is 0 Å². The Morgan fingerprint density at radius 3 is 2.23 bits per heavy atom. The van der Waals surface area contributed by atoms with Gasteiger partial charge in [0.15, 0.2) is 0 Å². The van der Waals surface area contributed by atoms with Crippen LogP contribution in [0, 0.1) is 0 Å². The fourth-order valence-corrected chi connectivity index (χ4v) is 1.87. The molecule has 0 saturated carbocycles. The van der Waals surface area contributed by atoms with Crippen LogP contribution in [0.3, 0.4) is 0 Å². The summed E-state index contributed by atoms with van der Waals surface area (Å²) < 4.78 is 5.39. The van der Waals surface area contributed by atoms with Gasteiger partial charge in [0.1, 0.15) is 5.60 Å². The lowest BCUT2D eigenvalue weighted by Crippen LogP contribution is -2.28. The van der Waals surface area contributed by atoms with Crippen molar-refractivity contribution in [3.05, 3.63) is 22.2 Å². The van der Waals surface area contributed by atoms with Crippen molar-refractivity contribution < 1.29 is 9.53 Å². The van der Waals surface area contributed by atoms with Gasteiger partial charge >= 0.3 is 0 Å². The maximum Gasteiger partial charge on any atom is 0.215 e. The molecular formula is C9H10Cl2O2. The smallest absolute Gasteiger partial charge is 0.215 e. The van der Waals surface area contributed by atoms with Gasteiger partial charge in [-0.25, -0.2) is 0 Å². The molecule has 1 rings (SSSR count). The Hall–Kier alpha value is -0.310. The Labute approximate surface area is 87.2 Å². The molecule has 2 nitrogen and oxygen atoms in total. The Balaban J connectivity index is 2.98. The molecule has 0 bridgehead atoms. The van der Waals surface area contributed by atoms with Crippen molar-refractivity contribution in [3.8, 4) is 0 Å². The first-order valence-electron chi connectivity index (χ1n) is 3.94. The van der Waals surface area contributed by atoms with Gasteiger partial charge in [0, 0.05) is 6.61 Å². The van der Waals surface area contributed by atoms with Crippen LogP contribution in [0.25, 0.3) is 0 Å². The molecule has 0 aliphatic heterocycles. The first-order valence-corrected chi connectivity index (χ1v) is 4.69. The molecule has 0 spiro atoms. The van der Waals surface area contributed by atoms with Gasteiger partial charge in [-0.2, -0.15) is 0 Å². The summed E-state index contributed by atoms with van der Waals surface area (Å²) in [5.41, 5.74) is -0.656. The van der Waals surface area contributed by atoms with Crippen LogP contribution in [0.15, 0.2) is 22.2 Å². The average molecular weight is 221 g/mol. The molecule has 0 aromatic rings. The first-order chi connectivity index (χ1) is 5.98. The molecular weight excluding hydrogens is 211 g/mol. The third-order valence-electron chi connectivity index (χ3n) is 1.72. The van der Waals surface area contributed by atoms with E-state index in [9.17, 15) is 4.79 Å². The molecule has 1 aliphatic carbocycles. The summed E-state index contributed by atoms with van der Waals surface area (Å²) in [6.07, 6.45) is 3.12. The average Bonchev–Trinajstić information content (AvgIpc) is 2.00. The van der Waals surface area contributed by atoms with E-state index >= 15 is 0 Å². The third kappa shape index (κ3) is 2.33. The molecule has 0 fully saturated rings. The molecule has 72 valence electrons. The maximum atomic E-state index is 11.2. The second-order valence-electron chi connectivity index (χ2n) is 2.93. The Kier molecular flexibility index (Phi) is 3.17. The topological polar surface area (TPSA) is 26.3 Å². The van der Waals surface area contributed by atoms with Gasteiger partial charge in [0.05, 0.1) is 10.1 Å². The van der Waals surface area contributed by atoms with E-state index in [2.05, 4.69) is 0 Å². The molecule has 1 aliphatic rings. The van der Waals surface area contributed by atoms with Crippen molar-refractivity contribution in [2.45, 2.75) is 19.4 Å². The number of allylic oxidation sites excluding steroid dienone is 2. The predicted molar refractivity (Wildman–Crippen MR) is 52.9 cm³/mol. The van der Waals surface area contributed by atoms with Crippen LogP contribution in [0.2, 0.25) is 0 Å². The van der Waals surface area contributed by atoms with Gasteiger partial charge < -0.3 is 4.74 Å². The van der Waals surface area contributed by atoms with E-state index in [0.717, 1.165) is 0 Å². The molecule has 4 heteroatoms. The highest BCUT2D eigenvalue weighted by Crippen LogP contribution is 2.29. The first kappa shape index (κ1) is 10.8. The summed E-state index contributed by atoms with van der Waals surface area (Å²) in [6, 6.07) is 0. The highest BCUT2D eigenvalue weighted by Gasteiger charge is 2.29. The molecule has 13 heavy (non-hydrogen) atoms. The monoisotopic (exact) mass is 220 g/mol. The summed E-state index contributed by atoms with van der Waals surface area (Å²) in [6.45, 7) is 4.20. The number of ketones is 1. The largest absolute Gasteiger partial charge is 0.367 e.